The van der Waals surface area contributed by atoms with E-state index >= 15 is 0 Å². The van der Waals surface area contributed by atoms with Gasteiger partial charge in [-0.15, -0.1) is 0 Å². The van der Waals surface area contributed by atoms with Crippen LogP contribution in [0.3, 0.4) is 0 Å². The van der Waals surface area contributed by atoms with Crippen LogP contribution in [-0.4, -0.2) is 129 Å². The van der Waals surface area contributed by atoms with E-state index < -0.39 is 72.3 Å². The molecule has 49 heavy (non-hydrogen) atoms. The topological polar surface area (TPSA) is 190 Å². The second-order valence-electron chi connectivity index (χ2n) is 12.5. The zero-order valence-corrected chi connectivity index (χ0v) is 27.8. The lowest BCUT2D eigenvalue weighted by molar-refractivity contribution is -0.157. The lowest BCUT2D eigenvalue weighted by Crippen LogP contribution is -2.56. The van der Waals surface area contributed by atoms with Crippen molar-refractivity contribution in [1.82, 2.24) is 29.8 Å². The van der Waals surface area contributed by atoms with E-state index in [4.69, 9.17) is 14.2 Å². The molecule has 2 fully saturated rings. The van der Waals surface area contributed by atoms with Crippen LogP contribution in [0.5, 0.6) is 5.88 Å². The molecule has 0 spiro atoms. The fourth-order valence-corrected chi connectivity index (χ4v) is 5.44. The SMILES string of the molecule is CCOC(=O)N1CCN(C(=O)[C@H](CC(=O)OC(C)(C)C)NC(=O)c2cc(OCC(=O)N3CCC[C@H]3C(=O)O)n(-c3cccc(F)c3)n2)CC1. The highest BCUT2D eigenvalue weighted by atomic mass is 19.1. The summed E-state index contributed by atoms with van der Waals surface area (Å²) in [5.74, 6) is -4.71. The quantitative estimate of drug-likeness (QED) is 0.326. The first-order valence-corrected chi connectivity index (χ1v) is 15.9. The molecule has 2 N–H and O–H groups in total. The van der Waals surface area contributed by atoms with E-state index in [0.717, 1.165) is 10.7 Å². The van der Waals surface area contributed by atoms with Gasteiger partial charge in [-0.2, -0.15) is 5.10 Å². The van der Waals surface area contributed by atoms with E-state index in [2.05, 4.69) is 10.4 Å². The van der Waals surface area contributed by atoms with Gasteiger partial charge < -0.3 is 39.3 Å². The van der Waals surface area contributed by atoms with Crippen LogP contribution in [0.2, 0.25) is 0 Å². The molecule has 2 aromatic rings. The van der Waals surface area contributed by atoms with E-state index in [0.29, 0.717) is 12.8 Å². The van der Waals surface area contributed by atoms with Gasteiger partial charge in [0.1, 0.15) is 23.5 Å². The number of carboxylic acid groups (broad SMARTS) is 1. The summed E-state index contributed by atoms with van der Waals surface area (Å²) in [4.78, 5) is 80.7. The van der Waals surface area contributed by atoms with Crippen molar-refractivity contribution in [3.8, 4) is 11.6 Å². The summed E-state index contributed by atoms with van der Waals surface area (Å²) in [5, 5.41) is 16.2. The number of hydrogen-bond donors (Lipinski definition) is 2. The number of halogens is 1. The van der Waals surface area contributed by atoms with Crippen LogP contribution in [0.25, 0.3) is 5.69 Å². The average molecular weight is 689 g/mol. The summed E-state index contributed by atoms with van der Waals surface area (Å²) in [7, 11) is 0. The van der Waals surface area contributed by atoms with Gasteiger partial charge in [-0.3, -0.25) is 19.2 Å². The summed E-state index contributed by atoms with van der Waals surface area (Å²) in [6.07, 6.45) is -0.206. The number of carbonyl (C=O) groups is 6. The molecule has 3 heterocycles. The lowest BCUT2D eigenvalue weighted by atomic mass is 10.1. The molecule has 4 amide bonds. The van der Waals surface area contributed by atoms with Gasteiger partial charge in [0, 0.05) is 38.8 Å². The maximum absolute atomic E-state index is 14.2. The molecule has 0 radical (unpaired) electrons. The molecule has 2 atom stereocenters. The molecule has 16 nitrogen and oxygen atoms in total. The Labute approximate surface area is 282 Å². The summed E-state index contributed by atoms with van der Waals surface area (Å²) < 4.78 is 31.4. The first-order chi connectivity index (χ1) is 23.2. The molecular weight excluding hydrogens is 647 g/mol. The first kappa shape index (κ1) is 36.6. The highest BCUT2D eigenvalue weighted by Gasteiger charge is 2.36. The smallest absolute Gasteiger partial charge is 0.409 e. The van der Waals surface area contributed by atoms with Gasteiger partial charge in [0.25, 0.3) is 11.8 Å². The zero-order chi connectivity index (χ0) is 35.9. The first-order valence-electron chi connectivity index (χ1n) is 15.9. The van der Waals surface area contributed by atoms with E-state index in [-0.39, 0.29) is 56.6 Å². The van der Waals surface area contributed by atoms with Crippen LogP contribution in [0.1, 0.15) is 57.4 Å². The van der Waals surface area contributed by atoms with Crippen molar-refractivity contribution in [2.75, 3.05) is 45.9 Å². The number of nitrogens with one attached hydrogen (secondary N) is 1. The molecule has 0 bridgehead atoms. The third-order valence-electron chi connectivity index (χ3n) is 7.68. The number of likely N-dealkylation sites (tertiary alicyclic amines) is 1. The number of amides is 4. The second kappa shape index (κ2) is 15.8. The van der Waals surface area contributed by atoms with Crippen molar-refractivity contribution >= 4 is 35.8 Å². The van der Waals surface area contributed by atoms with Crippen molar-refractivity contribution < 1.29 is 52.5 Å². The molecule has 4 rings (SSSR count). The second-order valence-corrected chi connectivity index (χ2v) is 12.5. The molecule has 266 valence electrons. The molecule has 17 heteroatoms. The molecule has 1 aromatic carbocycles. The summed E-state index contributed by atoms with van der Waals surface area (Å²) in [5.41, 5.74) is -1.01. The number of hydrogen-bond acceptors (Lipinski definition) is 10. The number of benzene rings is 1. The molecule has 2 aliphatic heterocycles. The largest absolute Gasteiger partial charge is 0.480 e. The Morgan fingerprint density at radius 1 is 1.04 bits per heavy atom. The molecule has 0 unspecified atom stereocenters. The molecule has 0 saturated carbocycles. The van der Waals surface area contributed by atoms with Gasteiger partial charge >= 0.3 is 18.0 Å². The number of rotatable bonds is 11. The Morgan fingerprint density at radius 2 is 1.73 bits per heavy atom. The predicted molar refractivity (Wildman–Crippen MR) is 168 cm³/mol. The number of carbonyl (C=O) groups excluding carboxylic acids is 5. The Kier molecular flexibility index (Phi) is 11.8. The van der Waals surface area contributed by atoms with Crippen LogP contribution in [0.4, 0.5) is 9.18 Å². The number of aliphatic carboxylic acids is 1. The van der Waals surface area contributed by atoms with E-state index in [1.807, 2.05) is 0 Å². The van der Waals surface area contributed by atoms with Crippen molar-refractivity contribution in [3.05, 3.63) is 41.8 Å². The molecule has 0 aliphatic carbocycles. The molecular formula is C32H41FN6O10. The van der Waals surface area contributed by atoms with Crippen molar-refractivity contribution in [2.24, 2.45) is 0 Å². The van der Waals surface area contributed by atoms with Crippen molar-refractivity contribution in [3.63, 3.8) is 0 Å². The third kappa shape index (κ3) is 9.67. The highest BCUT2D eigenvalue weighted by Crippen LogP contribution is 2.23. The minimum absolute atomic E-state index is 0.123. The molecule has 2 saturated heterocycles. The van der Waals surface area contributed by atoms with Gasteiger partial charge in [-0.05, 0) is 58.7 Å². The summed E-state index contributed by atoms with van der Waals surface area (Å²) >= 11 is 0. The fourth-order valence-electron chi connectivity index (χ4n) is 5.44. The van der Waals surface area contributed by atoms with Crippen molar-refractivity contribution in [1.29, 1.82) is 0 Å². The maximum atomic E-state index is 14.2. The summed E-state index contributed by atoms with van der Waals surface area (Å²) in [6.45, 7) is 7.11. The number of ether oxygens (including phenoxy) is 3. The van der Waals surface area contributed by atoms with Crippen LogP contribution in [0.15, 0.2) is 30.3 Å². The Bertz CT molecular complexity index is 1570. The Balaban J connectivity index is 1.56. The average Bonchev–Trinajstić information content (AvgIpc) is 3.71. The molecule has 2 aliphatic rings. The van der Waals surface area contributed by atoms with Gasteiger partial charge in [-0.1, -0.05) is 6.07 Å². The predicted octanol–water partition coefficient (Wildman–Crippen LogP) is 1.60. The summed E-state index contributed by atoms with van der Waals surface area (Å²) in [6, 6.07) is 4.01. The van der Waals surface area contributed by atoms with Crippen LogP contribution < -0.4 is 10.1 Å². The van der Waals surface area contributed by atoms with E-state index in [1.54, 1.807) is 27.7 Å². The minimum Gasteiger partial charge on any atom is -0.480 e. The van der Waals surface area contributed by atoms with Crippen LogP contribution >= 0.6 is 0 Å². The number of esters is 1. The Morgan fingerprint density at radius 3 is 2.37 bits per heavy atom. The third-order valence-corrected chi connectivity index (χ3v) is 7.68. The van der Waals surface area contributed by atoms with E-state index in [9.17, 15) is 38.3 Å². The van der Waals surface area contributed by atoms with Gasteiger partial charge in [0.15, 0.2) is 12.3 Å². The van der Waals surface area contributed by atoms with E-state index in [1.165, 1.54) is 39.0 Å². The van der Waals surface area contributed by atoms with Crippen LogP contribution in [-0.2, 0) is 28.7 Å². The monoisotopic (exact) mass is 688 g/mol. The Hall–Kier alpha value is -5.22. The van der Waals surface area contributed by atoms with Crippen molar-refractivity contribution in [2.45, 2.75) is 64.6 Å². The fraction of sp³-hybridized carbons (Fsp3) is 0.531. The van der Waals surface area contributed by atoms with Crippen LogP contribution in [0, 0.1) is 5.82 Å². The minimum atomic E-state index is -1.38. The lowest BCUT2D eigenvalue weighted by Gasteiger charge is -2.35. The maximum Gasteiger partial charge on any atom is 0.409 e. The standard InChI is InChI=1S/C32H41FN6O10/c1-5-47-31(46)37-14-12-36(13-15-37)29(43)23(18-27(41)49-32(2,3)4)34-28(42)22-17-26(39(35-22)21-9-6-8-20(33)16-21)48-19-25(40)38-11-7-10-24(38)30(44)45/h6,8-9,16-17,23-24H,5,7,10-15,18-19H2,1-4H3,(H,34,42)(H,44,45)/t23-,24-/m0/s1. The molecule has 1 aromatic heterocycles. The van der Waals surface area contributed by atoms with Gasteiger partial charge in [-0.25, -0.2) is 18.7 Å². The van der Waals surface area contributed by atoms with Gasteiger partial charge in [0.05, 0.1) is 18.7 Å². The van der Waals surface area contributed by atoms with Gasteiger partial charge in [0.2, 0.25) is 11.8 Å². The number of nitrogens with zero attached hydrogens (tertiary/aromatic N) is 5. The zero-order valence-electron chi connectivity index (χ0n) is 27.8. The number of carboxylic acids is 1. The number of piperazine rings is 1. The highest BCUT2D eigenvalue weighted by molar-refractivity contribution is 5.97. The normalized spacial score (nSPS) is 16.9. The number of aromatic nitrogens is 2.